The van der Waals surface area contributed by atoms with E-state index in [2.05, 4.69) is 50.1 Å². The number of carboxylic acids is 1. The lowest BCUT2D eigenvalue weighted by Crippen LogP contribution is -2.22. The monoisotopic (exact) mass is 369 g/mol. The molecule has 1 aromatic heterocycles. The number of fused-ring (bicyclic) bond motifs is 1. The van der Waals surface area contributed by atoms with Crippen LogP contribution in [0.5, 0.6) is 0 Å². The van der Waals surface area contributed by atoms with E-state index in [1.54, 1.807) is 11.3 Å². The molecule has 0 radical (unpaired) electrons. The number of nitrogens with zero attached hydrogens (tertiary/aromatic N) is 1. The number of thiophene rings is 1. The highest BCUT2D eigenvalue weighted by molar-refractivity contribution is 7.16. The first kappa shape index (κ1) is 17.7. The zero-order valence-corrected chi connectivity index (χ0v) is 16.7. The van der Waals surface area contributed by atoms with Crippen molar-refractivity contribution in [3.05, 3.63) is 45.8 Å². The van der Waals surface area contributed by atoms with Gasteiger partial charge in [0.05, 0.1) is 5.56 Å². The zero-order valence-electron chi connectivity index (χ0n) is 15.8. The molecule has 0 spiro atoms. The standard InChI is InChI=1S/C22H27NO2S/c1-22(2)10-8-18-17(12-22)19(21(24)25)20(26-18)15-6-4-14(5-7-15)16-9-11-23(3)13-16/h4-7,16H,8-13H2,1-3H3,(H,24,25)/t16-/m1/s1. The van der Waals surface area contributed by atoms with E-state index in [4.69, 9.17) is 0 Å². The minimum atomic E-state index is -0.781. The number of rotatable bonds is 3. The van der Waals surface area contributed by atoms with Crippen molar-refractivity contribution in [2.45, 2.75) is 45.4 Å². The van der Waals surface area contributed by atoms with E-state index < -0.39 is 5.97 Å². The van der Waals surface area contributed by atoms with Gasteiger partial charge < -0.3 is 10.0 Å². The molecule has 1 aliphatic carbocycles. The largest absolute Gasteiger partial charge is 0.478 e. The van der Waals surface area contributed by atoms with Crippen LogP contribution in [0.3, 0.4) is 0 Å². The van der Waals surface area contributed by atoms with Crippen LogP contribution in [-0.4, -0.2) is 36.1 Å². The second-order valence-electron chi connectivity index (χ2n) is 8.72. The van der Waals surface area contributed by atoms with Gasteiger partial charge in [0.1, 0.15) is 0 Å². The number of likely N-dealkylation sites (tertiary alicyclic amines) is 1. The topological polar surface area (TPSA) is 40.5 Å². The average Bonchev–Trinajstić information content (AvgIpc) is 3.17. The fraction of sp³-hybridized carbons (Fsp3) is 0.500. The van der Waals surface area contributed by atoms with Gasteiger partial charge in [-0.2, -0.15) is 0 Å². The van der Waals surface area contributed by atoms with Gasteiger partial charge in [0, 0.05) is 16.3 Å². The maximum absolute atomic E-state index is 12.1. The Hall–Kier alpha value is -1.65. The quantitative estimate of drug-likeness (QED) is 0.823. The van der Waals surface area contributed by atoms with Crippen LogP contribution in [0.4, 0.5) is 0 Å². The maximum atomic E-state index is 12.1. The molecule has 0 saturated carbocycles. The Morgan fingerprint density at radius 1 is 1.27 bits per heavy atom. The van der Waals surface area contributed by atoms with Gasteiger partial charge in [-0.15, -0.1) is 11.3 Å². The number of carbonyl (C=O) groups is 1. The molecule has 1 atom stereocenters. The Morgan fingerprint density at radius 3 is 2.62 bits per heavy atom. The van der Waals surface area contributed by atoms with Gasteiger partial charge in [-0.05, 0) is 67.3 Å². The molecule has 0 bridgehead atoms. The summed E-state index contributed by atoms with van der Waals surface area (Å²) in [5.74, 6) is -0.179. The van der Waals surface area contributed by atoms with Crippen molar-refractivity contribution in [2.24, 2.45) is 5.41 Å². The van der Waals surface area contributed by atoms with Crippen molar-refractivity contribution in [1.82, 2.24) is 4.90 Å². The van der Waals surface area contributed by atoms with Crippen LogP contribution in [0.15, 0.2) is 24.3 Å². The van der Waals surface area contributed by atoms with Gasteiger partial charge in [-0.1, -0.05) is 38.1 Å². The summed E-state index contributed by atoms with van der Waals surface area (Å²) < 4.78 is 0. The van der Waals surface area contributed by atoms with E-state index in [0.29, 0.717) is 11.5 Å². The molecule has 1 N–H and O–H groups in total. The molecular formula is C22H27NO2S. The van der Waals surface area contributed by atoms with E-state index in [0.717, 1.165) is 48.4 Å². The number of hydrogen-bond acceptors (Lipinski definition) is 3. The molecule has 2 heterocycles. The van der Waals surface area contributed by atoms with Crippen molar-refractivity contribution >= 4 is 17.3 Å². The molecule has 2 aromatic rings. The third kappa shape index (κ3) is 3.21. The van der Waals surface area contributed by atoms with Gasteiger partial charge in [0.25, 0.3) is 0 Å². The Bertz CT molecular complexity index is 835. The second-order valence-corrected chi connectivity index (χ2v) is 9.83. The van der Waals surface area contributed by atoms with Crippen molar-refractivity contribution in [1.29, 1.82) is 0 Å². The number of carboxylic acid groups (broad SMARTS) is 1. The predicted molar refractivity (Wildman–Crippen MR) is 107 cm³/mol. The molecule has 26 heavy (non-hydrogen) atoms. The molecule has 138 valence electrons. The molecule has 1 aromatic carbocycles. The van der Waals surface area contributed by atoms with Crippen LogP contribution in [-0.2, 0) is 12.8 Å². The molecule has 4 rings (SSSR count). The number of benzene rings is 1. The fourth-order valence-electron chi connectivity index (χ4n) is 4.46. The predicted octanol–water partition coefficient (Wildman–Crippen LogP) is 5.05. The highest BCUT2D eigenvalue weighted by Crippen LogP contribution is 2.45. The van der Waals surface area contributed by atoms with Gasteiger partial charge >= 0.3 is 5.97 Å². The molecule has 3 nitrogen and oxygen atoms in total. The van der Waals surface area contributed by atoms with E-state index in [-0.39, 0.29) is 5.41 Å². The molecule has 1 saturated heterocycles. The van der Waals surface area contributed by atoms with E-state index in [1.165, 1.54) is 16.9 Å². The lowest BCUT2D eigenvalue weighted by Gasteiger charge is -2.29. The first-order valence-electron chi connectivity index (χ1n) is 9.51. The SMILES string of the molecule is CN1CC[C@@H](c2ccc(-c3sc4c(c3C(=O)O)CC(C)(C)CC4)cc2)C1. The normalized spacial score (nSPS) is 22.3. The summed E-state index contributed by atoms with van der Waals surface area (Å²) >= 11 is 1.69. The highest BCUT2D eigenvalue weighted by Gasteiger charge is 2.33. The first-order chi connectivity index (χ1) is 12.3. The Morgan fingerprint density at radius 2 is 2.00 bits per heavy atom. The minimum absolute atomic E-state index is 0.188. The van der Waals surface area contributed by atoms with Crippen molar-refractivity contribution in [3.63, 3.8) is 0 Å². The Labute approximate surface area is 159 Å². The molecule has 0 unspecified atom stereocenters. The summed E-state index contributed by atoms with van der Waals surface area (Å²) in [7, 11) is 2.17. The summed E-state index contributed by atoms with van der Waals surface area (Å²) in [5, 5.41) is 9.90. The minimum Gasteiger partial charge on any atom is -0.478 e. The summed E-state index contributed by atoms with van der Waals surface area (Å²) in [6.45, 7) is 6.75. The highest BCUT2D eigenvalue weighted by atomic mass is 32.1. The lowest BCUT2D eigenvalue weighted by atomic mass is 9.76. The molecule has 4 heteroatoms. The third-order valence-electron chi connectivity index (χ3n) is 6.02. The summed E-state index contributed by atoms with van der Waals surface area (Å²) in [4.78, 5) is 16.6. The maximum Gasteiger partial charge on any atom is 0.337 e. The summed E-state index contributed by atoms with van der Waals surface area (Å²) in [6, 6.07) is 8.66. The summed E-state index contributed by atoms with van der Waals surface area (Å²) in [6.07, 6.45) is 4.21. The van der Waals surface area contributed by atoms with E-state index in [9.17, 15) is 9.90 Å². The van der Waals surface area contributed by atoms with Gasteiger partial charge in [-0.25, -0.2) is 4.79 Å². The van der Waals surface area contributed by atoms with Crippen molar-refractivity contribution in [2.75, 3.05) is 20.1 Å². The Balaban J connectivity index is 1.70. The van der Waals surface area contributed by atoms with Crippen molar-refractivity contribution < 1.29 is 9.90 Å². The van der Waals surface area contributed by atoms with Crippen LogP contribution >= 0.6 is 11.3 Å². The van der Waals surface area contributed by atoms with Gasteiger partial charge in [-0.3, -0.25) is 0 Å². The molecule has 1 aliphatic heterocycles. The third-order valence-corrected chi connectivity index (χ3v) is 7.37. The van der Waals surface area contributed by atoms with Crippen LogP contribution < -0.4 is 0 Å². The average molecular weight is 370 g/mol. The molecular weight excluding hydrogens is 342 g/mol. The summed E-state index contributed by atoms with van der Waals surface area (Å²) in [5.41, 5.74) is 4.24. The smallest absolute Gasteiger partial charge is 0.337 e. The van der Waals surface area contributed by atoms with Crippen molar-refractivity contribution in [3.8, 4) is 10.4 Å². The first-order valence-corrected chi connectivity index (χ1v) is 10.3. The number of hydrogen-bond donors (Lipinski definition) is 1. The Kier molecular flexibility index (Phi) is 4.44. The van der Waals surface area contributed by atoms with Gasteiger partial charge in [0.2, 0.25) is 0 Å². The van der Waals surface area contributed by atoms with E-state index in [1.807, 2.05) is 0 Å². The molecule has 1 fully saturated rings. The number of likely N-dealkylation sites (N-methyl/N-ethyl adjacent to an activating group) is 1. The number of aryl methyl sites for hydroxylation is 1. The number of aromatic carboxylic acids is 1. The zero-order chi connectivity index (χ0) is 18.5. The lowest BCUT2D eigenvalue weighted by molar-refractivity contribution is 0.0696. The van der Waals surface area contributed by atoms with Crippen LogP contribution in [0, 0.1) is 5.41 Å². The van der Waals surface area contributed by atoms with Crippen LogP contribution in [0.2, 0.25) is 0 Å². The fourth-order valence-corrected chi connectivity index (χ4v) is 5.78. The van der Waals surface area contributed by atoms with Gasteiger partial charge in [0.15, 0.2) is 0 Å². The van der Waals surface area contributed by atoms with Crippen LogP contribution in [0.25, 0.3) is 10.4 Å². The van der Waals surface area contributed by atoms with E-state index >= 15 is 0 Å². The molecule has 2 aliphatic rings. The second kappa shape index (κ2) is 6.50. The molecule has 0 amide bonds. The van der Waals surface area contributed by atoms with Crippen LogP contribution in [0.1, 0.15) is 59.0 Å².